The summed E-state index contributed by atoms with van der Waals surface area (Å²) in [6.07, 6.45) is -0.727. The van der Waals surface area contributed by atoms with Crippen molar-refractivity contribution in [1.82, 2.24) is 5.32 Å². The lowest BCUT2D eigenvalue weighted by molar-refractivity contribution is 0.219. The summed E-state index contributed by atoms with van der Waals surface area (Å²) < 4.78 is 12.9. The van der Waals surface area contributed by atoms with Crippen molar-refractivity contribution in [3.8, 4) is 0 Å². The van der Waals surface area contributed by atoms with E-state index in [4.69, 9.17) is 0 Å². The van der Waals surface area contributed by atoms with Crippen LogP contribution in [0.25, 0.3) is 0 Å². The van der Waals surface area contributed by atoms with Crippen LogP contribution in [-0.4, -0.2) is 12.2 Å². The summed E-state index contributed by atoms with van der Waals surface area (Å²) in [5.74, 6) is -0.297. The second kappa shape index (κ2) is 5.76. The summed E-state index contributed by atoms with van der Waals surface area (Å²) in [5, 5.41) is 13.4. The Hall–Kier alpha value is -1.71. The Morgan fingerprint density at radius 2 is 1.78 bits per heavy atom. The topological polar surface area (TPSA) is 32.3 Å². The molecule has 0 aliphatic carbocycles. The molecule has 0 saturated carbocycles. The summed E-state index contributed by atoms with van der Waals surface area (Å²) in [4.78, 5) is 0. The minimum atomic E-state index is -0.727. The fourth-order valence-electron chi connectivity index (χ4n) is 1.98. The Bertz CT molecular complexity index is 510. The van der Waals surface area contributed by atoms with E-state index in [1.807, 2.05) is 31.3 Å². The molecule has 2 aromatic rings. The molecule has 0 bridgehead atoms. The van der Waals surface area contributed by atoms with Crippen molar-refractivity contribution >= 4 is 0 Å². The van der Waals surface area contributed by atoms with Gasteiger partial charge in [0.15, 0.2) is 0 Å². The smallest absolute Gasteiger partial charge is 0.123 e. The quantitative estimate of drug-likeness (QED) is 0.868. The zero-order valence-corrected chi connectivity index (χ0v) is 10.2. The molecule has 0 aromatic heterocycles. The molecule has 0 fully saturated rings. The SMILES string of the molecule is CNCc1ccccc1[C@@H](O)c1ccc(F)cc1. The van der Waals surface area contributed by atoms with Crippen LogP contribution in [0.4, 0.5) is 4.39 Å². The lowest BCUT2D eigenvalue weighted by atomic mass is 9.97. The normalized spacial score (nSPS) is 12.4. The van der Waals surface area contributed by atoms with Gasteiger partial charge in [0, 0.05) is 6.54 Å². The highest BCUT2D eigenvalue weighted by Crippen LogP contribution is 2.25. The number of rotatable bonds is 4. The highest BCUT2D eigenvalue weighted by Gasteiger charge is 2.13. The first-order chi connectivity index (χ1) is 8.72. The highest BCUT2D eigenvalue weighted by molar-refractivity contribution is 5.35. The number of hydrogen-bond acceptors (Lipinski definition) is 2. The second-order valence-electron chi connectivity index (χ2n) is 4.18. The lowest BCUT2D eigenvalue weighted by Crippen LogP contribution is -2.10. The molecular weight excluding hydrogens is 229 g/mol. The predicted octanol–water partition coefficient (Wildman–Crippen LogP) is 2.63. The average Bonchev–Trinajstić information content (AvgIpc) is 2.40. The number of nitrogens with one attached hydrogen (secondary N) is 1. The van der Waals surface area contributed by atoms with Crippen molar-refractivity contribution in [2.75, 3.05) is 7.05 Å². The lowest BCUT2D eigenvalue weighted by Gasteiger charge is -2.15. The van der Waals surface area contributed by atoms with Gasteiger partial charge in [-0.3, -0.25) is 0 Å². The van der Waals surface area contributed by atoms with Crippen molar-refractivity contribution in [1.29, 1.82) is 0 Å². The van der Waals surface area contributed by atoms with Gasteiger partial charge in [-0.1, -0.05) is 36.4 Å². The summed E-state index contributed by atoms with van der Waals surface area (Å²) in [7, 11) is 1.86. The van der Waals surface area contributed by atoms with Crippen LogP contribution in [0, 0.1) is 5.82 Å². The summed E-state index contributed by atoms with van der Waals surface area (Å²) in [6.45, 7) is 0.689. The Balaban J connectivity index is 2.33. The first-order valence-electron chi connectivity index (χ1n) is 5.88. The molecule has 94 valence electrons. The largest absolute Gasteiger partial charge is 0.384 e. The number of benzene rings is 2. The number of aliphatic hydroxyl groups excluding tert-OH is 1. The molecule has 0 aliphatic rings. The number of halogens is 1. The van der Waals surface area contributed by atoms with Crippen molar-refractivity contribution in [2.45, 2.75) is 12.6 Å². The van der Waals surface area contributed by atoms with E-state index in [9.17, 15) is 9.50 Å². The van der Waals surface area contributed by atoms with Crippen LogP contribution in [0.2, 0.25) is 0 Å². The van der Waals surface area contributed by atoms with Gasteiger partial charge in [0.1, 0.15) is 11.9 Å². The second-order valence-corrected chi connectivity index (χ2v) is 4.18. The third-order valence-electron chi connectivity index (χ3n) is 2.90. The third-order valence-corrected chi connectivity index (χ3v) is 2.90. The van der Waals surface area contributed by atoms with Crippen molar-refractivity contribution < 1.29 is 9.50 Å². The number of hydrogen-bond donors (Lipinski definition) is 2. The van der Waals surface area contributed by atoms with E-state index >= 15 is 0 Å². The Labute approximate surface area is 106 Å². The molecule has 0 amide bonds. The minimum Gasteiger partial charge on any atom is -0.384 e. The van der Waals surface area contributed by atoms with Gasteiger partial charge in [-0.15, -0.1) is 0 Å². The maximum Gasteiger partial charge on any atom is 0.123 e. The van der Waals surface area contributed by atoms with Gasteiger partial charge in [0.2, 0.25) is 0 Å². The van der Waals surface area contributed by atoms with Gasteiger partial charge < -0.3 is 10.4 Å². The molecule has 0 heterocycles. The monoisotopic (exact) mass is 245 g/mol. The molecule has 0 aliphatic heterocycles. The summed E-state index contributed by atoms with van der Waals surface area (Å²) in [6, 6.07) is 13.6. The van der Waals surface area contributed by atoms with Crippen LogP contribution in [0.5, 0.6) is 0 Å². The molecule has 0 spiro atoms. The van der Waals surface area contributed by atoms with Crippen LogP contribution in [-0.2, 0) is 6.54 Å². The third kappa shape index (κ3) is 2.75. The molecule has 2 aromatic carbocycles. The molecular formula is C15H16FNO. The standard InChI is InChI=1S/C15H16FNO/c1-17-10-12-4-2-3-5-14(12)15(18)11-6-8-13(16)9-7-11/h2-9,15,17-18H,10H2,1H3/t15-/m0/s1. The zero-order valence-electron chi connectivity index (χ0n) is 10.2. The summed E-state index contributed by atoms with van der Waals surface area (Å²) in [5.41, 5.74) is 2.58. The average molecular weight is 245 g/mol. The molecule has 3 heteroatoms. The fraction of sp³-hybridized carbons (Fsp3) is 0.200. The van der Waals surface area contributed by atoms with E-state index in [0.29, 0.717) is 12.1 Å². The maximum atomic E-state index is 12.9. The first-order valence-corrected chi connectivity index (χ1v) is 5.88. The molecule has 18 heavy (non-hydrogen) atoms. The molecule has 0 unspecified atom stereocenters. The molecule has 0 saturated heterocycles. The molecule has 2 rings (SSSR count). The van der Waals surface area contributed by atoms with E-state index in [1.165, 1.54) is 12.1 Å². The number of aliphatic hydroxyl groups is 1. The maximum absolute atomic E-state index is 12.9. The van der Waals surface area contributed by atoms with Gasteiger partial charge in [0.25, 0.3) is 0 Å². The zero-order chi connectivity index (χ0) is 13.0. The van der Waals surface area contributed by atoms with E-state index in [0.717, 1.165) is 11.1 Å². The first kappa shape index (κ1) is 12.7. The summed E-state index contributed by atoms with van der Waals surface area (Å²) >= 11 is 0. The molecule has 0 radical (unpaired) electrons. The predicted molar refractivity (Wildman–Crippen MR) is 69.7 cm³/mol. The van der Waals surface area contributed by atoms with Gasteiger partial charge in [0.05, 0.1) is 0 Å². The van der Waals surface area contributed by atoms with E-state index in [2.05, 4.69) is 5.32 Å². The Kier molecular flexibility index (Phi) is 4.07. The van der Waals surface area contributed by atoms with Gasteiger partial charge in [-0.25, -0.2) is 4.39 Å². The van der Waals surface area contributed by atoms with Crippen LogP contribution in [0.15, 0.2) is 48.5 Å². The Morgan fingerprint density at radius 1 is 1.11 bits per heavy atom. The van der Waals surface area contributed by atoms with Crippen molar-refractivity contribution in [3.05, 3.63) is 71.0 Å². The molecule has 2 N–H and O–H groups in total. The van der Waals surface area contributed by atoms with E-state index < -0.39 is 6.10 Å². The van der Waals surface area contributed by atoms with E-state index in [1.54, 1.807) is 12.1 Å². The van der Waals surface area contributed by atoms with Gasteiger partial charge in [-0.05, 0) is 35.9 Å². The van der Waals surface area contributed by atoms with Crippen molar-refractivity contribution in [3.63, 3.8) is 0 Å². The van der Waals surface area contributed by atoms with Crippen LogP contribution in [0.1, 0.15) is 22.8 Å². The highest BCUT2D eigenvalue weighted by atomic mass is 19.1. The van der Waals surface area contributed by atoms with Crippen molar-refractivity contribution in [2.24, 2.45) is 0 Å². The van der Waals surface area contributed by atoms with Crippen LogP contribution in [0.3, 0.4) is 0 Å². The van der Waals surface area contributed by atoms with E-state index in [-0.39, 0.29) is 5.82 Å². The van der Waals surface area contributed by atoms with Crippen LogP contribution < -0.4 is 5.32 Å². The van der Waals surface area contributed by atoms with Gasteiger partial charge >= 0.3 is 0 Å². The van der Waals surface area contributed by atoms with Gasteiger partial charge in [-0.2, -0.15) is 0 Å². The van der Waals surface area contributed by atoms with Crippen LogP contribution >= 0.6 is 0 Å². The Morgan fingerprint density at radius 3 is 2.44 bits per heavy atom. The molecule has 1 atom stereocenters. The minimum absolute atomic E-state index is 0.297. The fourth-order valence-corrected chi connectivity index (χ4v) is 1.98. The molecule has 2 nitrogen and oxygen atoms in total.